The Morgan fingerprint density at radius 1 is 1.25 bits per heavy atom. The Hall–Kier alpha value is -0.650. The first-order chi connectivity index (χ1) is 9.38. The Kier molecular flexibility index (Phi) is 6.43. The lowest BCUT2D eigenvalue weighted by Gasteiger charge is -2.41. The lowest BCUT2D eigenvalue weighted by Crippen LogP contribution is -2.46. The van der Waals surface area contributed by atoms with Crippen LogP contribution in [0.2, 0.25) is 0 Å². The molecule has 1 fully saturated rings. The van der Waals surface area contributed by atoms with E-state index in [1.807, 2.05) is 0 Å². The molecule has 2 nitrogen and oxygen atoms in total. The number of likely N-dealkylation sites (tertiary alicyclic amines) is 1. The molecule has 1 aromatic rings. The lowest BCUT2D eigenvalue weighted by molar-refractivity contribution is 0.0978. The third kappa shape index (κ3) is 4.43. The molecular weight excluding hydrogens is 280 g/mol. The summed E-state index contributed by atoms with van der Waals surface area (Å²) in [6, 6.07) is 3.95. The van der Waals surface area contributed by atoms with Gasteiger partial charge in [-0.25, -0.2) is 8.78 Å². The second-order valence-electron chi connectivity index (χ2n) is 6.12. The minimum Gasteiger partial charge on any atom is -0.333 e. The van der Waals surface area contributed by atoms with Crippen LogP contribution in [-0.4, -0.2) is 28.1 Å². The average Bonchev–Trinajstić information content (AvgIpc) is 2.40. The van der Waals surface area contributed by atoms with E-state index in [1.165, 1.54) is 6.07 Å². The third-order valence-corrected chi connectivity index (χ3v) is 3.77. The van der Waals surface area contributed by atoms with Gasteiger partial charge in [0.2, 0.25) is 0 Å². The number of nitrogens with zero attached hydrogens (tertiary/aromatic N) is 1. The monoisotopic (exact) mass is 303 g/mol. The molecule has 0 spiro atoms. The minimum absolute atomic E-state index is 0.106. The highest BCUT2D eigenvalue weighted by atomic mass is 32.1. The Morgan fingerprint density at radius 3 is 2.45 bits per heavy atom. The van der Waals surface area contributed by atoms with Crippen molar-refractivity contribution in [2.45, 2.75) is 45.1 Å². The quantitative estimate of drug-likeness (QED) is 0.596. The molecule has 1 saturated heterocycles. The molecular formula is C15H23F2NOS. The molecule has 0 bridgehead atoms. The van der Waals surface area contributed by atoms with Crippen molar-refractivity contribution < 1.29 is 13.3 Å². The van der Waals surface area contributed by atoms with Crippen molar-refractivity contribution >= 4 is 12.9 Å². The van der Waals surface area contributed by atoms with E-state index >= 15 is 0 Å². The van der Waals surface area contributed by atoms with Crippen molar-refractivity contribution in [3.8, 4) is 0 Å². The van der Waals surface area contributed by atoms with Crippen LogP contribution in [0.15, 0.2) is 18.2 Å². The van der Waals surface area contributed by atoms with Crippen LogP contribution >= 0.6 is 12.9 Å². The number of hydrogen-bond acceptors (Lipinski definition) is 3. The molecule has 0 aliphatic carbocycles. The summed E-state index contributed by atoms with van der Waals surface area (Å²) < 4.78 is 33.4. The number of rotatable bonds is 1. The SMILES string of the molecule is CC(C)(C)N1CCCC(c2ccc(F)cc2F)C1.OS. The maximum Gasteiger partial charge on any atom is 0.129 e. The molecule has 0 saturated carbocycles. The van der Waals surface area contributed by atoms with Crippen molar-refractivity contribution in [1.29, 1.82) is 0 Å². The van der Waals surface area contributed by atoms with E-state index < -0.39 is 11.6 Å². The number of piperidine rings is 1. The van der Waals surface area contributed by atoms with E-state index in [1.54, 1.807) is 6.07 Å². The molecule has 0 aromatic heterocycles. The molecule has 1 heterocycles. The molecule has 1 unspecified atom stereocenters. The zero-order valence-electron chi connectivity index (χ0n) is 12.2. The Labute approximate surface area is 125 Å². The molecule has 1 aliphatic rings. The van der Waals surface area contributed by atoms with Crippen molar-refractivity contribution in [2.24, 2.45) is 0 Å². The average molecular weight is 303 g/mol. The zero-order chi connectivity index (χ0) is 15.3. The van der Waals surface area contributed by atoms with E-state index in [2.05, 4.69) is 38.6 Å². The van der Waals surface area contributed by atoms with Crippen LogP contribution in [0.3, 0.4) is 0 Å². The molecule has 1 aliphatic heterocycles. The van der Waals surface area contributed by atoms with Crippen LogP contribution in [0.4, 0.5) is 8.78 Å². The topological polar surface area (TPSA) is 23.5 Å². The van der Waals surface area contributed by atoms with Gasteiger partial charge in [-0.05, 0) is 70.6 Å². The molecule has 1 aromatic carbocycles. The van der Waals surface area contributed by atoms with Gasteiger partial charge >= 0.3 is 0 Å². The van der Waals surface area contributed by atoms with E-state index in [0.717, 1.165) is 32.0 Å². The first-order valence-corrected chi connectivity index (χ1v) is 7.18. The summed E-state index contributed by atoms with van der Waals surface area (Å²) in [7, 11) is 0. The molecule has 20 heavy (non-hydrogen) atoms. The van der Waals surface area contributed by atoms with Gasteiger partial charge in [0.1, 0.15) is 11.6 Å². The van der Waals surface area contributed by atoms with Crippen LogP contribution in [0.25, 0.3) is 0 Å². The largest absolute Gasteiger partial charge is 0.333 e. The van der Waals surface area contributed by atoms with Crippen molar-refractivity contribution in [1.82, 2.24) is 4.90 Å². The van der Waals surface area contributed by atoms with Crippen molar-refractivity contribution in [3.63, 3.8) is 0 Å². The van der Waals surface area contributed by atoms with Crippen LogP contribution < -0.4 is 0 Å². The van der Waals surface area contributed by atoms with Crippen LogP contribution in [0.1, 0.15) is 45.1 Å². The number of hydrogen-bond donors (Lipinski definition) is 2. The first-order valence-electron chi connectivity index (χ1n) is 6.78. The van der Waals surface area contributed by atoms with Gasteiger partial charge in [-0.2, -0.15) is 0 Å². The lowest BCUT2D eigenvalue weighted by atomic mass is 9.88. The summed E-state index contributed by atoms with van der Waals surface area (Å²) in [5, 5.41) is 0. The minimum atomic E-state index is -0.500. The maximum absolute atomic E-state index is 13.8. The summed E-state index contributed by atoms with van der Waals surface area (Å²) in [6.45, 7) is 8.44. The second kappa shape index (κ2) is 7.38. The van der Waals surface area contributed by atoms with Gasteiger partial charge in [-0.1, -0.05) is 6.07 Å². The normalized spacial score (nSPS) is 20.2. The summed E-state index contributed by atoms with van der Waals surface area (Å²) in [4.78, 5) is 2.38. The molecule has 0 radical (unpaired) electrons. The van der Waals surface area contributed by atoms with E-state index in [-0.39, 0.29) is 11.5 Å². The number of halogens is 2. The smallest absolute Gasteiger partial charge is 0.129 e. The summed E-state index contributed by atoms with van der Waals surface area (Å²) >= 11 is 2.53. The summed E-state index contributed by atoms with van der Waals surface area (Å²) in [5.41, 5.74) is 0.764. The summed E-state index contributed by atoms with van der Waals surface area (Å²) in [5.74, 6) is -0.728. The van der Waals surface area contributed by atoms with Gasteiger partial charge < -0.3 is 4.55 Å². The van der Waals surface area contributed by atoms with E-state index in [0.29, 0.717) is 5.56 Å². The van der Waals surface area contributed by atoms with E-state index in [9.17, 15) is 8.78 Å². The Morgan fingerprint density at radius 2 is 1.90 bits per heavy atom. The highest BCUT2D eigenvalue weighted by Gasteiger charge is 2.29. The highest BCUT2D eigenvalue weighted by molar-refractivity contribution is 7.74. The molecule has 2 rings (SSSR count). The van der Waals surface area contributed by atoms with Gasteiger partial charge in [-0.3, -0.25) is 4.90 Å². The maximum atomic E-state index is 13.8. The fourth-order valence-electron chi connectivity index (χ4n) is 2.67. The standard InChI is InChI=1S/C15H21F2N.H2OS/c1-15(2,3)18-8-4-5-11(10-18)13-7-6-12(16)9-14(13)17;1-2/h6-7,9,11H,4-5,8,10H2,1-3H3;1-2H. The fraction of sp³-hybridized carbons (Fsp3) is 0.600. The van der Waals surface area contributed by atoms with Gasteiger partial charge in [0, 0.05) is 18.2 Å². The molecule has 0 amide bonds. The van der Waals surface area contributed by atoms with Gasteiger partial charge in [0.25, 0.3) is 0 Å². The fourth-order valence-corrected chi connectivity index (χ4v) is 2.67. The third-order valence-electron chi connectivity index (χ3n) is 3.77. The number of thiol groups is 1. The summed E-state index contributed by atoms with van der Waals surface area (Å²) in [6.07, 6.45) is 2.05. The predicted molar refractivity (Wildman–Crippen MR) is 81.3 cm³/mol. The Balaban J connectivity index is 0.000000956. The first kappa shape index (κ1) is 17.4. The zero-order valence-corrected chi connectivity index (χ0v) is 13.1. The highest BCUT2D eigenvalue weighted by Crippen LogP contribution is 2.32. The van der Waals surface area contributed by atoms with Crippen LogP contribution in [-0.2, 0) is 0 Å². The second-order valence-corrected chi connectivity index (χ2v) is 6.12. The molecule has 5 heteroatoms. The predicted octanol–water partition coefficient (Wildman–Crippen LogP) is 4.33. The molecule has 1 atom stereocenters. The van der Waals surface area contributed by atoms with Crippen LogP contribution in [0.5, 0.6) is 0 Å². The van der Waals surface area contributed by atoms with E-state index in [4.69, 9.17) is 4.55 Å². The van der Waals surface area contributed by atoms with Gasteiger partial charge in [0.05, 0.1) is 0 Å². The van der Waals surface area contributed by atoms with Crippen LogP contribution in [0, 0.1) is 11.6 Å². The van der Waals surface area contributed by atoms with Gasteiger partial charge in [0.15, 0.2) is 0 Å². The van der Waals surface area contributed by atoms with Crippen molar-refractivity contribution in [2.75, 3.05) is 13.1 Å². The van der Waals surface area contributed by atoms with Crippen molar-refractivity contribution in [3.05, 3.63) is 35.4 Å². The molecule has 1 N–H and O–H groups in total. The Bertz CT molecular complexity index is 434. The van der Waals surface area contributed by atoms with Gasteiger partial charge in [-0.15, -0.1) is 0 Å². The number of benzene rings is 1. The molecule has 114 valence electrons.